The average Bonchev–Trinajstić information content (AvgIpc) is 2.65. The van der Waals surface area contributed by atoms with Crippen molar-refractivity contribution in [1.82, 2.24) is 0 Å². The van der Waals surface area contributed by atoms with Crippen LogP contribution in [0.1, 0.15) is 20.8 Å². The highest BCUT2D eigenvalue weighted by Crippen LogP contribution is 2.48. The zero-order valence-electron chi connectivity index (χ0n) is 12.1. The van der Waals surface area contributed by atoms with Gasteiger partial charge in [-0.25, -0.2) is 0 Å². The van der Waals surface area contributed by atoms with Gasteiger partial charge in [-0.05, 0) is 16.6 Å². The highest BCUT2D eigenvalue weighted by atomic mass is 28.3. The summed E-state index contributed by atoms with van der Waals surface area (Å²) in [4.78, 5) is 2.93. The largest absolute Gasteiger partial charge is 0.391 e. The van der Waals surface area contributed by atoms with E-state index in [1.54, 1.807) is 0 Å². The molecule has 0 aliphatic carbocycles. The lowest BCUT2D eigenvalue weighted by Gasteiger charge is -2.43. The van der Waals surface area contributed by atoms with Crippen molar-refractivity contribution in [1.29, 1.82) is 0 Å². The van der Waals surface area contributed by atoms with Crippen LogP contribution in [-0.4, -0.2) is 36.2 Å². The van der Waals surface area contributed by atoms with Crippen LogP contribution in [0.5, 0.6) is 0 Å². The van der Waals surface area contributed by atoms with Crippen molar-refractivity contribution in [2.24, 2.45) is 5.11 Å². The average molecular weight is 291 g/mol. The summed E-state index contributed by atoms with van der Waals surface area (Å²) in [5.41, 5.74) is 8.33. The van der Waals surface area contributed by atoms with Gasteiger partial charge in [0.05, 0.1) is 17.9 Å². The topological polar surface area (TPSA) is 89.2 Å². The molecule has 0 spiro atoms. The van der Waals surface area contributed by atoms with E-state index in [2.05, 4.69) is 30.8 Å². The number of benzene rings is 1. The Bertz CT molecular complexity index is 525. The zero-order chi connectivity index (χ0) is 15.0. The molecule has 1 heterocycles. The van der Waals surface area contributed by atoms with Crippen molar-refractivity contribution in [3.05, 3.63) is 40.8 Å². The Morgan fingerprint density at radius 2 is 1.85 bits per heavy atom. The van der Waals surface area contributed by atoms with Crippen LogP contribution in [-0.2, 0) is 0 Å². The summed E-state index contributed by atoms with van der Waals surface area (Å²) in [5, 5.41) is 25.3. The molecule has 1 aliphatic rings. The SMILES string of the molecule is CC(C)(C)[Si@]1(c2ccccc2)C[C@@H](O)[C@@H](O)[C@@H]1N=[N+]=[N-]. The van der Waals surface area contributed by atoms with E-state index in [1.165, 1.54) is 0 Å². The number of hydrogen-bond donors (Lipinski definition) is 2. The highest BCUT2D eigenvalue weighted by Gasteiger charge is 2.60. The molecule has 0 aromatic heterocycles. The molecule has 108 valence electrons. The van der Waals surface area contributed by atoms with E-state index in [0.717, 1.165) is 5.19 Å². The summed E-state index contributed by atoms with van der Waals surface area (Å²) in [7, 11) is -2.41. The molecule has 1 aromatic rings. The fourth-order valence-electron chi connectivity index (χ4n) is 3.50. The molecule has 5 nitrogen and oxygen atoms in total. The minimum Gasteiger partial charge on any atom is -0.391 e. The van der Waals surface area contributed by atoms with Crippen LogP contribution >= 0.6 is 0 Å². The van der Waals surface area contributed by atoms with Gasteiger partial charge in [0.25, 0.3) is 0 Å². The lowest BCUT2D eigenvalue weighted by molar-refractivity contribution is 0.0414. The van der Waals surface area contributed by atoms with Gasteiger partial charge in [-0.1, -0.05) is 61.4 Å². The number of nitrogens with zero attached hydrogens (tertiary/aromatic N) is 3. The Labute approximate surface area is 119 Å². The number of hydrogen-bond acceptors (Lipinski definition) is 3. The molecular weight excluding hydrogens is 270 g/mol. The molecule has 1 aromatic carbocycles. The third-order valence-corrected chi connectivity index (χ3v) is 11.1. The third kappa shape index (κ3) is 2.15. The van der Waals surface area contributed by atoms with E-state index in [-0.39, 0.29) is 5.04 Å². The predicted molar refractivity (Wildman–Crippen MR) is 81.3 cm³/mol. The van der Waals surface area contributed by atoms with Gasteiger partial charge in [0.15, 0.2) is 0 Å². The van der Waals surface area contributed by atoms with Gasteiger partial charge in [0.2, 0.25) is 0 Å². The maximum atomic E-state index is 10.3. The summed E-state index contributed by atoms with van der Waals surface area (Å²) >= 11 is 0. The Hall–Kier alpha value is -1.33. The lowest BCUT2D eigenvalue weighted by Crippen LogP contribution is -2.61. The summed E-state index contributed by atoms with van der Waals surface area (Å²) < 4.78 is 0. The molecule has 0 radical (unpaired) electrons. The standard InChI is InChI=1S/C14H21N3O2Si/c1-14(2,3)20(10-7-5-4-6-8-10)9-11(18)12(19)13(20)16-17-15/h4-8,11-13,18-19H,9H2,1-3H3/t11-,12-,13-,20+/m1/s1. The normalized spacial score (nSPS) is 33.8. The number of aliphatic hydroxyl groups excluding tert-OH is 2. The van der Waals surface area contributed by atoms with E-state index in [0.29, 0.717) is 6.04 Å². The van der Waals surface area contributed by atoms with E-state index in [9.17, 15) is 10.2 Å². The molecule has 0 bridgehead atoms. The maximum Gasteiger partial charge on any atom is 0.107 e. The highest BCUT2D eigenvalue weighted by molar-refractivity contribution is 6.96. The van der Waals surface area contributed by atoms with Crippen molar-refractivity contribution in [2.45, 2.75) is 49.7 Å². The van der Waals surface area contributed by atoms with Crippen molar-refractivity contribution >= 4 is 13.3 Å². The van der Waals surface area contributed by atoms with Crippen molar-refractivity contribution < 1.29 is 10.2 Å². The molecule has 6 heteroatoms. The molecule has 0 amide bonds. The first-order chi connectivity index (χ1) is 9.34. The monoisotopic (exact) mass is 291 g/mol. The van der Waals surface area contributed by atoms with Crippen LogP contribution in [0.3, 0.4) is 0 Å². The number of azide groups is 1. The Morgan fingerprint density at radius 3 is 2.35 bits per heavy atom. The molecule has 4 atom stereocenters. The fourth-order valence-corrected chi connectivity index (χ4v) is 9.43. The summed E-state index contributed by atoms with van der Waals surface area (Å²) in [6.07, 6.45) is -1.80. The number of aliphatic hydroxyl groups is 2. The van der Waals surface area contributed by atoms with Crippen molar-refractivity contribution in [2.75, 3.05) is 0 Å². The van der Waals surface area contributed by atoms with Gasteiger partial charge >= 0.3 is 0 Å². The molecular formula is C14H21N3O2Si. The molecule has 2 rings (SSSR count). The van der Waals surface area contributed by atoms with Crippen LogP contribution in [0.2, 0.25) is 11.1 Å². The lowest BCUT2D eigenvalue weighted by atomic mass is 10.2. The van der Waals surface area contributed by atoms with Crippen LogP contribution in [0, 0.1) is 0 Å². The summed E-state index contributed by atoms with van der Waals surface area (Å²) in [6, 6.07) is 10.4. The van der Waals surface area contributed by atoms with Gasteiger partial charge in [-0.15, -0.1) is 0 Å². The quantitative estimate of drug-likeness (QED) is 0.378. The van der Waals surface area contributed by atoms with Crippen LogP contribution < -0.4 is 5.19 Å². The van der Waals surface area contributed by atoms with Crippen LogP contribution in [0.15, 0.2) is 35.4 Å². The second kappa shape index (κ2) is 5.22. The Kier molecular flexibility index (Phi) is 3.93. The van der Waals surface area contributed by atoms with Gasteiger partial charge in [0.1, 0.15) is 8.07 Å². The Balaban J connectivity index is 2.67. The summed E-state index contributed by atoms with van der Waals surface area (Å²) in [6.45, 7) is 6.32. The Morgan fingerprint density at radius 1 is 1.25 bits per heavy atom. The van der Waals surface area contributed by atoms with E-state index in [1.807, 2.05) is 30.3 Å². The first-order valence-electron chi connectivity index (χ1n) is 6.80. The molecule has 1 fully saturated rings. The van der Waals surface area contributed by atoms with Crippen molar-refractivity contribution in [3.8, 4) is 0 Å². The first kappa shape index (κ1) is 15.1. The molecule has 0 saturated carbocycles. The second-order valence-electron chi connectivity index (χ2n) is 6.50. The zero-order valence-corrected chi connectivity index (χ0v) is 13.1. The smallest absolute Gasteiger partial charge is 0.107 e. The fraction of sp³-hybridized carbons (Fsp3) is 0.571. The number of rotatable bonds is 2. The molecule has 0 unspecified atom stereocenters. The van der Waals surface area contributed by atoms with Crippen LogP contribution in [0.25, 0.3) is 10.4 Å². The molecule has 1 saturated heterocycles. The third-order valence-electron chi connectivity index (χ3n) is 4.56. The second-order valence-corrected chi connectivity index (χ2v) is 11.5. The van der Waals surface area contributed by atoms with Gasteiger partial charge in [-0.2, -0.15) is 0 Å². The molecule has 2 N–H and O–H groups in total. The summed E-state index contributed by atoms with van der Waals surface area (Å²) in [5.74, 6) is 0. The first-order valence-corrected chi connectivity index (χ1v) is 9.09. The van der Waals surface area contributed by atoms with Gasteiger partial charge in [-0.3, -0.25) is 0 Å². The van der Waals surface area contributed by atoms with Crippen LogP contribution in [0.4, 0.5) is 0 Å². The van der Waals surface area contributed by atoms with E-state index >= 15 is 0 Å². The van der Waals surface area contributed by atoms with E-state index in [4.69, 9.17) is 5.53 Å². The molecule has 20 heavy (non-hydrogen) atoms. The van der Waals surface area contributed by atoms with Gasteiger partial charge in [0, 0.05) is 4.91 Å². The van der Waals surface area contributed by atoms with E-state index < -0.39 is 25.9 Å². The van der Waals surface area contributed by atoms with Gasteiger partial charge < -0.3 is 10.2 Å². The minimum absolute atomic E-state index is 0.133. The molecule has 1 aliphatic heterocycles. The predicted octanol–water partition coefficient (Wildman–Crippen LogP) is 2.10. The minimum atomic E-state index is -2.41. The maximum absolute atomic E-state index is 10.3. The van der Waals surface area contributed by atoms with Crippen molar-refractivity contribution in [3.63, 3.8) is 0 Å².